The summed E-state index contributed by atoms with van der Waals surface area (Å²) in [6.45, 7) is 20.2. The van der Waals surface area contributed by atoms with Crippen molar-refractivity contribution in [1.29, 1.82) is 0 Å². The Labute approximate surface area is 117 Å². The molecule has 0 rings (SSSR count). The maximum Gasteiger partial charge on any atom is 0 e. The largest absolute Gasteiger partial charge is 0.304 e. The summed E-state index contributed by atoms with van der Waals surface area (Å²) in [5.74, 6) is 0. The van der Waals surface area contributed by atoms with Gasteiger partial charge in [0.15, 0.2) is 0 Å². The molecule has 15 heavy (non-hydrogen) atoms. The van der Waals surface area contributed by atoms with Crippen LogP contribution in [0.3, 0.4) is 0 Å². The molecular formula is C12H30N2Zr. The zero-order valence-electron chi connectivity index (χ0n) is 11.6. The second kappa shape index (κ2) is 17.2. The predicted octanol–water partition coefficient (Wildman–Crippen LogP) is 2.69. The molecule has 0 spiro atoms. The number of hydrogen-bond acceptors (Lipinski definition) is 2. The quantitative estimate of drug-likeness (QED) is 0.743. The number of rotatable bonds is 6. The fourth-order valence-electron chi connectivity index (χ4n) is 1.34. The third-order valence-corrected chi connectivity index (χ3v) is 2.68. The topological polar surface area (TPSA) is 6.48 Å². The van der Waals surface area contributed by atoms with Crippen molar-refractivity contribution in [3.63, 3.8) is 0 Å². The second-order valence-corrected chi connectivity index (χ2v) is 3.24. The smallest absolute Gasteiger partial charge is 0 e. The molecule has 0 unspecified atom stereocenters. The Kier molecular flexibility index (Phi) is 24.2. The first kappa shape index (κ1) is 21.1. The van der Waals surface area contributed by atoms with Gasteiger partial charge in [0.25, 0.3) is 0 Å². The summed E-state index contributed by atoms with van der Waals surface area (Å²) < 4.78 is 0. The summed E-state index contributed by atoms with van der Waals surface area (Å²) in [6, 6.07) is 0. The van der Waals surface area contributed by atoms with Gasteiger partial charge < -0.3 is 9.80 Å². The van der Waals surface area contributed by atoms with Gasteiger partial charge in [0.05, 0.1) is 0 Å². The SMILES string of the molecule is CCN(CC)CC.CCN(CC)CC.[Zr]. The molecule has 0 aromatic rings. The molecule has 0 heterocycles. The molecule has 0 N–H and O–H groups in total. The van der Waals surface area contributed by atoms with E-state index in [2.05, 4.69) is 51.3 Å². The molecule has 0 aromatic heterocycles. The third-order valence-electron chi connectivity index (χ3n) is 2.68. The van der Waals surface area contributed by atoms with E-state index in [9.17, 15) is 0 Å². The van der Waals surface area contributed by atoms with Crippen LogP contribution in [0.2, 0.25) is 0 Å². The summed E-state index contributed by atoms with van der Waals surface area (Å²) in [4.78, 5) is 4.75. The van der Waals surface area contributed by atoms with Crippen molar-refractivity contribution in [1.82, 2.24) is 9.80 Å². The van der Waals surface area contributed by atoms with Crippen molar-refractivity contribution in [2.75, 3.05) is 39.3 Å². The minimum Gasteiger partial charge on any atom is -0.304 e. The first-order valence-electron chi connectivity index (χ1n) is 6.14. The average Bonchev–Trinajstić information content (AvgIpc) is 2.24. The molecule has 0 fully saturated rings. The third kappa shape index (κ3) is 14.8. The van der Waals surface area contributed by atoms with Crippen LogP contribution in [0.25, 0.3) is 0 Å². The van der Waals surface area contributed by atoms with Gasteiger partial charge in [0, 0.05) is 26.2 Å². The van der Waals surface area contributed by atoms with Crippen molar-refractivity contribution in [2.24, 2.45) is 0 Å². The predicted molar refractivity (Wildman–Crippen MR) is 66.9 cm³/mol. The summed E-state index contributed by atoms with van der Waals surface area (Å²) >= 11 is 0. The second-order valence-electron chi connectivity index (χ2n) is 3.24. The molecule has 0 saturated carbocycles. The van der Waals surface area contributed by atoms with Gasteiger partial charge >= 0.3 is 0 Å². The Bertz CT molecular complexity index is 68.6. The molecule has 0 saturated heterocycles. The van der Waals surface area contributed by atoms with E-state index in [1.165, 1.54) is 39.3 Å². The van der Waals surface area contributed by atoms with E-state index >= 15 is 0 Å². The molecule has 92 valence electrons. The molecule has 2 nitrogen and oxygen atoms in total. The molecule has 0 bridgehead atoms. The van der Waals surface area contributed by atoms with Crippen LogP contribution < -0.4 is 0 Å². The van der Waals surface area contributed by atoms with E-state index in [4.69, 9.17) is 0 Å². The Hall–Kier alpha value is 0.803. The van der Waals surface area contributed by atoms with Gasteiger partial charge in [0.2, 0.25) is 0 Å². The number of hydrogen-bond donors (Lipinski definition) is 0. The van der Waals surface area contributed by atoms with Crippen molar-refractivity contribution < 1.29 is 26.2 Å². The van der Waals surface area contributed by atoms with Crippen molar-refractivity contribution in [2.45, 2.75) is 41.5 Å². The Morgan fingerprint density at radius 3 is 0.600 bits per heavy atom. The Morgan fingerprint density at radius 2 is 0.600 bits per heavy atom. The van der Waals surface area contributed by atoms with E-state index in [0.29, 0.717) is 0 Å². The maximum atomic E-state index is 2.38. The Morgan fingerprint density at radius 1 is 0.467 bits per heavy atom. The minimum absolute atomic E-state index is 0. The van der Waals surface area contributed by atoms with Gasteiger partial charge in [-0.05, 0) is 39.3 Å². The summed E-state index contributed by atoms with van der Waals surface area (Å²) in [5.41, 5.74) is 0. The fraction of sp³-hybridized carbons (Fsp3) is 1.00. The van der Waals surface area contributed by atoms with Crippen LogP contribution in [-0.2, 0) is 26.2 Å². The zero-order valence-corrected chi connectivity index (χ0v) is 14.1. The maximum absolute atomic E-state index is 2.38. The van der Waals surface area contributed by atoms with Gasteiger partial charge in [-0.15, -0.1) is 0 Å². The van der Waals surface area contributed by atoms with Crippen LogP contribution in [0.4, 0.5) is 0 Å². The molecule has 3 heteroatoms. The molecule has 0 aliphatic carbocycles. The van der Waals surface area contributed by atoms with Gasteiger partial charge in [0.1, 0.15) is 0 Å². The average molecular weight is 294 g/mol. The van der Waals surface area contributed by atoms with E-state index in [1.54, 1.807) is 0 Å². The van der Waals surface area contributed by atoms with Crippen molar-refractivity contribution in [3.05, 3.63) is 0 Å². The van der Waals surface area contributed by atoms with Crippen LogP contribution >= 0.6 is 0 Å². The zero-order chi connectivity index (χ0) is 11.4. The van der Waals surface area contributed by atoms with Crippen LogP contribution in [0, 0.1) is 0 Å². The van der Waals surface area contributed by atoms with Gasteiger partial charge in [-0.1, -0.05) is 41.5 Å². The summed E-state index contributed by atoms with van der Waals surface area (Å²) in [7, 11) is 0. The normalized spacial score (nSPS) is 9.60. The van der Waals surface area contributed by atoms with Crippen molar-refractivity contribution >= 4 is 0 Å². The molecule has 0 atom stereocenters. The van der Waals surface area contributed by atoms with E-state index < -0.39 is 0 Å². The van der Waals surface area contributed by atoms with Crippen LogP contribution in [0.5, 0.6) is 0 Å². The molecular weight excluding hydrogens is 263 g/mol. The Balaban J connectivity index is -0.000000180. The molecule has 0 aliphatic rings. The summed E-state index contributed by atoms with van der Waals surface area (Å²) in [6.07, 6.45) is 0. The molecule has 0 aromatic carbocycles. The minimum atomic E-state index is 0. The van der Waals surface area contributed by atoms with Gasteiger partial charge in [-0.25, -0.2) is 0 Å². The van der Waals surface area contributed by atoms with Gasteiger partial charge in [-0.3, -0.25) is 0 Å². The summed E-state index contributed by atoms with van der Waals surface area (Å²) in [5, 5.41) is 0. The first-order valence-corrected chi connectivity index (χ1v) is 6.14. The van der Waals surface area contributed by atoms with Crippen LogP contribution in [0.15, 0.2) is 0 Å². The van der Waals surface area contributed by atoms with E-state index in [-0.39, 0.29) is 26.2 Å². The molecule has 0 amide bonds. The van der Waals surface area contributed by atoms with Crippen LogP contribution in [-0.4, -0.2) is 49.1 Å². The molecule has 0 radical (unpaired) electrons. The number of nitrogens with zero attached hydrogens (tertiary/aromatic N) is 2. The monoisotopic (exact) mass is 292 g/mol. The first-order chi connectivity index (χ1) is 6.69. The van der Waals surface area contributed by atoms with E-state index in [0.717, 1.165) is 0 Å². The standard InChI is InChI=1S/2C6H15N.Zr/c2*1-4-7(5-2)6-3;/h2*4-6H2,1-3H3;. The fourth-order valence-corrected chi connectivity index (χ4v) is 1.34. The van der Waals surface area contributed by atoms with Crippen LogP contribution in [0.1, 0.15) is 41.5 Å². The van der Waals surface area contributed by atoms with Gasteiger partial charge in [-0.2, -0.15) is 0 Å². The van der Waals surface area contributed by atoms with E-state index in [1.807, 2.05) is 0 Å². The van der Waals surface area contributed by atoms with Crippen molar-refractivity contribution in [3.8, 4) is 0 Å². The molecule has 0 aliphatic heterocycles.